The van der Waals surface area contributed by atoms with Crippen molar-refractivity contribution < 1.29 is 14.2 Å². The van der Waals surface area contributed by atoms with Gasteiger partial charge in [0.2, 0.25) is 0 Å². The molecule has 1 aliphatic rings. The molecular formula is C17H17BrO3. The minimum atomic E-state index is -0.312. The Morgan fingerprint density at radius 1 is 1.00 bits per heavy atom. The highest BCUT2D eigenvalue weighted by atomic mass is 79.9. The molecule has 0 radical (unpaired) electrons. The molecule has 1 aliphatic heterocycles. The van der Waals surface area contributed by atoms with E-state index in [-0.39, 0.29) is 6.29 Å². The minimum absolute atomic E-state index is 0.312. The average Bonchev–Trinajstić information content (AvgIpc) is 2.56. The summed E-state index contributed by atoms with van der Waals surface area (Å²) in [6.07, 6.45) is 0.631. The van der Waals surface area contributed by atoms with Crippen molar-refractivity contribution >= 4 is 15.9 Å². The fraction of sp³-hybridized carbons (Fsp3) is 0.294. The lowest BCUT2D eigenvalue weighted by Crippen LogP contribution is -2.18. The first-order chi connectivity index (χ1) is 10.3. The smallest absolute Gasteiger partial charge is 0.185 e. The third-order valence-electron chi connectivity index (χ3n) is 3.31. The van der Waals surface area contributed by atoms with Crippen molar-refractivity contribution in [2.45, 2.75) is 19.3 Å². The zero-order chi connectivity index (χ0) is 14.5. The Balaban J connectivity index is 1.73. The Kier molecular flexibility index (Phi) is 4.91. The molecule has 0 N–H and O–H groups in total. The Morgan fingerprint density at radius 3 is 2.52 bits per heavy atom. The first-order valence-corrected chi connectivity index (χ1v) is 7.82. The summed E-state index contributed by atoms with van der Waals surface area (Å²) in [5, 5.41) is 0. The van der Waals surface area contributed by atoms with E-state index in [1.165, 1.54) is 0 Å². The van der Waals surface area contributed by atoms with Crippen LogP contribution in [0.4, 0.5) is 0 Å². The minimum Gasteiger partial charge on any atom is -0.488 e. The van der Waals surface area contributed by atoms with E-state index >= 15 is 0 Å². The zero-order valence-corrected chi connectivity index (χ0v) is 13.2. The van der Waals surface area contributed by atoms with Crippen molar-refractivity contribution in [1.82, 2.24) is 0 Å². The molecule has 1 heterocycles. The van der Waals surface area contributed by atoms with Gasteiger partial charge in [0, 0.05) is 5.56 Å². The van der Waals surface area contributed by atoms with Gasteiger partial charge < -0.3 is 14.2 Å². The van der Waals surface area contributed by atoms with Crippen LogP contribution in [0.15, 0.2) is 53.0 Å². The Hall–Kier alpha value is -1.36. The Morgan fingerprint density at radius 2 is 1.76 bits per heavy atom. The molecule has 21 heavy (non-hydrogen) atoms. The molecule has 4 heteroatoms. The van der Waals surface area contributed by atoms with Crippen LogP contribution in [-0.2, 0) is 16.1 Å². The third kappa shape index (κ3) is 3.64. The fourth-order valence-electron chi connectivity index (χ4n) is 2.22. The fourth-order valence-corrected chi connectivity index (χ4v) is 2.79. The van der Waals surface area contributed by atoms with Crippen LogP contribution in [0.25, 0.3) is 0 Å². The summed E-state index contributed by atoms with van der Waals surface area (Å²) in [4.78, 5) is 0. The van der Waals surface area contributed by atoms with Crippen molar-refractivity contribution in [2.75, 3.05) is 13.2 Å². The second-order valence-corrected chi connectivity index (χ2v) is 5.65. The number of ether oxygens (including phenoxy) is 3. The molecule has 0 aliphatic carbocycles. The summed E-state index contributed by atoms with van der Waals surface area (Å²) in [6.45, 7) is 1.99. The lowest BCUT2D eigenvalue weighted by Gasteiger charge is -2.25. The summed E-state index contributed by atoms with van der Waals surface area (Å²) < 4.78 is 18.1. The quantitative estimate of drug-likeness (QED) is 0.816. The molecule has 1 saturated heterocycles. The van der Waals surface area contributed by atoms with E-state index in [0.29, 0.717) is 6.61 Å². The Bertz CT molecular complexity index is 580. The maximum Gasteiger partial charge on any atom is 0.185 e. The lowest BCUT2D eigenvalue weighted by molar-refractivity contribution is -0.183. The van der Waals surface area contributed by atoms with E-state index < -0.39 is 0 Å². The maximum absolute atomic E-state index is 5.90. The maximum atomic E-state index is 5.90. The van der Waals surface area contributed by atoms with Gasteiger partial charge in [0.1, 0.15) is 12.4 Å². The standard InChI is InChI=1S/C17H17BrO3/c18-16-14(17-19-10-5-11-20-17)8-4-9-15(16)21-12-13-6-2-1-3-7-13/h1-4,6-9,17H,5,10-12H2. The zero-order valence-electron chi connectivity index (χ0n) is 11.6. The predicted octanol–water partition coefficient (Wildman–Crippen LogP) is 4.46. The van der Waals surface area contributed by atoms with Gasteiger partial charge >= 0.3 is 0 Å². The second kappa shape index (κ2) is 7.07. The van der Waals surface area contributed by atoms with E-state index in [4.69, 9.17) is 14.2 Å². The van der Waals surface area contributed by atoms with Gasteiger partial charge in [-0.1, -0.05) is 42.5 Å². The summed E-state index contributed by atoms with van der Waals surface area (Å²) >= 11 is 3.61. The van der Waals surface area contributed by atoms with Gasteiger partial charge in [-0.3, -0.25) is 0 Å². The molecule has 2 aromatic rings. The van der Waals surface area contributed by atoms with Crippen molar-refractivity contribution in [3.05, 3.63) is 64.1 Å². The molecule has 1 fully saturated rings. The van der Waals surface area contributed by atoms with Crippen LogP contribution in [0, 0.1) is 0 Å². The molecule has 0 spiro atoms. The number of rotatable bonds is 4. The highest BCUT2D eigenvalue weighted by molar-refractivity contribution is 9.10. The number of hydrogen-bond donors (Lipinski definition) is 0. The van der Waals surface area contributed by atoms with Crippen LogP contribution < -0.4 is 4.74 Å². The first kappa shape index (κ1) is 14.6. The molecule has 2 aromatic carbocycles. The predicted molar refractivity (Wildman–Crippen MR) is 84.2 cm³/mol. The van der Waals surface area contributed by atoms with Gasteiger partial charge in [0.25, 0.3) is 0 Å². The van der Waals surface area contributed by atoms with Gasteiger partial charge in [-0.25, -0.2) is 0 Å². The summed E-state index contributed by atoms with van der Waals surface area (Å²) in [7, 11) is 0. The molecule has 110 valence electrons. The summed E-state index contributed by atoms with van der Waals surface area (Å²) in [5.74, 6) is 0.800. The van der Waals surface area contributed by atoms with Crippen molar-refractivity contribution in [1.29, 1.82) is 0 Å². The molecule has 3 rings (SSSR count). The van der Waals surface area contributed by atoms with Gasteiger partial charge in [0.05, 0.1) is 17.7 Å². The van der Waals surface area contributed by atoms with E-state index in [1.807, 2.05) is 48.5 Å². The monoisotopic (exact) mass is 348 g/mol. The molecule has 0 atom stereocenters. The molecule has 0 aromatic heterocycles. The van der Waals surface area contributed by atoms with Gasteiger partial charge in [-0.15, -0.1) is 0 Å². The highest BCUT2D eigenvalue weighted by Crippen LogP contribution is 2.35. The molecule has 3 nitrogen and oxygen atoms in total. The summed E-state index contributed by atoms with van der Waals surface area (Å²) in [6, 6.07) is 16.0. The van der Waals surface area contributed by atoms with Crippen LogP contribution >= 0.6 is 15.9 Å². The van der Waals surface area contributed by atoms with Gasteiger partial charge in [-0.2, -0.15) is 0 Å². The molecular weight excluding hydrogens is 332 g/mol. The number of halogens is 1. The van der Waals surface area contributed by atoms with Crippen LogP contribution in [0.5, 0.6) is 5.75 Å². The summed E-state index contributed by atoms with van der Waals surface area (Å²) in [5.41, 5.74) is 2.11. The molecule has 0 bridgehead atoms. The van der Waals surface area contributed by atoms with E-state index in [0.717, 1.165) is 41.0 Å². The van der Waals surface area contributed by atoms with E-state index in [9.17, 15) is 0 Å². The first-order valence-electron chi connectivity index (χ1n) is 7.03. The number of benzene rings is 2. The van der Waals surface area contributed by atoms with Crippen LogP contribution in [0.2, 0.25) is 0 Å². The highest BCUT2D eigenvalue weighted by Gasteiger charge is 2.20. The average molecular weight is 349 g/mol. The number of hydrogen-bond acceptors (Lipinski definition) is 3. The van der Waals surface area contributed by atoms with Crippen LogP contribution in [0.1, 0.15) is 23.8 Å². The van der Waals surface area contributed by atoms with Crippen molar-refractivity contribution in [2.24, 2.45) is 0 Å². The largest absolute Gasteiger partial charge is 0.488 e. The van der Waals surface area contributed by atoms with Crippen molar-refractivity contribution in [3.8, 4) is 5.75 Å². The Labute approximate surface area is 133 Å². The lowest BCUT2D eigenvalue weighted by atomic mass is 10.2. The topological polar surface area (TPSA) is 27.7 Å². The van der Waals surface area contributed by atoms with E-state index in [2.05, 4.69) is 15.9 Å². The SMILES string of the molecule is Brc1c(OCc2ccccc2)cccc1C1OCCCO1. The molecule has 0 amide bonds. The van der Waals surface area contributed by atoms with Crippen LogP contribution in [-0.4, -0.2) is 13.2 Å². The second-order valence-electron chi connectivity index (χ2n) is 4.86. The van der Waals surface area contributed by atoms with Crippen LogP contribution in [0.3, 0.4) is 0 Å². The van der Waals surface area contributed by atoms with Crippen molar-refractivity contribution in [3.63, 3.8) is 0 Å². The van der Waals surface area contributed by atoms with E-state index in [1.54, 1.807) is 0 Å². The van der Waals surface area contributed by atoms with Gasteiger partial charge in [-0.05, 0) is 34.0 Å². The normalized spacial score (nSPS) is 15.9. The molecule has 0 saturated carbocycles. The third-order valence-corrected chi connectivity index (χ3v) is 4.16. The molecule has 0 unspecified atom stereocenters. The van der Waals surface area contributed by atoms with Gasteiger partial charge in [0.15, 0.2) is 6.29 Å².